The van der Waals surface area contributed by atoms with Gasteiger partial charge in [-0.1, -0.05) is 18.2 Å². The van der Waals surface area contributed by atoms with Gasteiger partial charge in [-0.15, -0.1) is 0 Å². The van der Waals surface area contributed by atoms with E-state index >= 15 is 0 Å². The van der Waals surface area contributed by atoms with Crippen molar-refractivity contribution in [3.8, 4) is 5.75 Å². The molecule has 0 unspecified atom stereocenters. The average Bonchev–Trinajstić information content (AvgIpc) is 2.82. The molecule has 0 aromatic heterocycles. The predicted octanol–water partition coefficient (Wildman–Crippen LogP) is 3.10. The summed E-state index contributed by atoms with van der Waals surface area (Å²) in [6, 6.07) is 16.2. The van der Waals surface area contributed by atoms with Gasteiger partial charge in [-0.3, -0.25) is 14.3 Å². The largest absolute Gasteiger partial charge is 0.497 e. The molecule has 0 saturated heterocycles. The third-order valence-corrected chi connectivity index (χ3v) is 6.30. The molecule has 0 aliphatic carbocycles. The van der Waals surface area contributed by atoms with Crippen LogP contribution in [-0.4, -0.2) is 40.4 Å². The van der Waals surface area contributed by atoms with Gasteiger partial charge in [0.05, 0.1) is 17.6 Å². The van der Waals surface area contributed by atoms with E-state index in [9.17, 15) is 22.4 Å². The number of benzene rings is 3. The molecular formula is C24H24FN3O5S. The van der Waals surface area contributed by atoms with Crippen LogP contribution in [0.25, 0.3) is 0 Å². The molecule has 0 bridgehead atoms. The minimum atomic E-state index is -3.94. The molecule has 0 saturated carbocycles. The highest BCUT2D eigenvalue weighted by Crippen LogP contribution is 2.21. The summed E-state index contributed by atoms with van der Waals surface area (Å²) in [5, 5.41) is 5.15. The number of carbonyl (C=O) groups excluding carboxylic acids is 2. The molecule has 34 heavy (non-hydrogen) atoms. The Balaban J connectivity index is 1.62. The monoisotopic (exact) mass is 485 g/mol. The second-order valence-electron chi connectivity index (χ2n) is 7.30. The highest BCUT2D eigenvalue weighted by molar-refractivity contribution is 7.92. The van der Waals surface area contributed by atoms with E-state index < -0.39 is 27.7 Å². The summed E-state index contributed by atoms with van der Waals surface area (Å²) in [5.74, 6) is -1.15. The lowest BCUT2D eigenvalue weighted by Gasteiger charge is -2.12. The molecule has 3 rings (SSSR count). The Bertz CT molecular complexity index is 1290. The van der Waals surface area contributed by atoms with Crippen LogP contribution in [-0.2, 0) is 10.0 Å². The molecule has 0 aliphatic heterocycles. The first kappa shape index (κ1) is 24.7. The SMILES string of the molecule is COc1ccc(NS(=O)(=O)c2ccc(C)c(C(=O)NCCNC(=O)c3ccccc3F)c2)cc1. The van der Waals surface area contributed by atoms with Gasteiger partial charge < -0.3 is 15.4 Å². The molecule has 0 atom stereocenters. The number of rotatable bonds is 9. The summed E-state index contributed by atoms with van der Waals surface area (Å²) in [5.41, 5.74) is 1.01. The van der Waals surface area contributed by atoms with Crippen LogP contribution in [0, 0.1) is 12.7 Å². The minimum Gasteiger partial charge on any atom is -0.497 e. The van der Waals surface area contributed by atoms with Crippen LogP contribution in [0.2, 0.25) is 0 Å². The normalized spacial score (nSPS) is 10.9. The second-order valence-corrected chi connectivity index (χ2v) is 8.98. The van der Waals surface area contributed by atoms with Crippen LogP contribution in [0.1, 0.15) is 26.3 Å². The van der Waals surface area contributed by atoms with E-state index in [1.807, 2.05) is 0 Å². The maximum atomic E-state index is 13.7. The van der Waals surface area contributed by atoms with Gasteiger partial charge in [-0.05, 0) is 61.0 Å². The van der Waals surface area contributed by atoms with Gasteiger partial charge in [0.1, 0.15) is 11.6 Å². The van der Waals surface area contributed by atoms with Crippen LogP contribution < -0.4 is 20.1 Å². The number of methoxy groups -OCH3 is 1. The molecule has 3 aromatic rings. The smallest absolute Gasteiger partial charge is 0.261 e. The van der Waals surface area contributed by atoms with Gasteiger partial charge in [-0.2, -0.15) is 0 Å². The Morgan fingerprint density at radius 1 is 0.882 bits per heavy atom. The van der Waals surface area contributed by atoms with Crippen molar-refractivity contribution in [2.45, 2.75) is 11.8 Å². The van der Waals surface area contributed by atoms with Crippen molar-refractivity contribution < 1.29 is 27.1 Å². The minimum absolute atomic E-state index is 0.0645. The van der Waals surface area contributed by atoms with Crippen LogP contribution in [0.3, 0.4) is 0 Å². The third kappa shape index (κ3) is 6.10. The molecule has 8 nitrogen and oxygen atoms in total. The van der Waals surface area contributed by atoms with Crippen molar-refractivity contribution in [2.24, 2.45) is 0 Å². The number of aryl methyl sites for hydroxylation is 1. The van der Waals surface area contributed by atoms with Gasteiger partial charge >= 0.3 is 0 Å². The molecule has 3 N–H and O–H groups in total. The number of hydrogen-bond acceptors (Lipinski definition) is 5. The number of hydrogen-bond donors (Lipinski definition) is 3. The highest BCUT2D eigenvalue weighted by atomic mass is 32.2. The number of halogens is 1. The molecule has 0 fully saturated rings. The second kappa shape index (κ2) is 10.8. The Morgan fingerprint density at radius 2 is 1.50 bits per heavy atom. The van der Waals surface area contributed by atoms with Gasteiger partial charge in [-0.25, -0.2) is 12.8 Å². The Labute approximate surface area is 197 Å². The molecule has 0 aliphatic rings. The summed E-state index contributed by atoms with van der Waals surface area (Å²) in [6.45, 7) is 1.82. The number of carbonyl (C=O) groups is 2. The van der Waals surface area contributed by atoms with Crippen molar-refractivity contribution in [1.82, 2.24) is 10.6 Å². The van der Waals surface area contributed by atoms with E-state index in [0.29, 0.717) is 17.0 Å². The lowest BCUT2D eigenvalue weighted by Crippen LogP contribution is -2.35. The van der Waals surface area contributed by atoms with Crippen molar-refractivity contribution in [3.05, 3.63) is 89.2 Å². The Hall–Kier alpha value is -3.92. The summed E-state index contributed by atoms with van der Waals surface area (Å²) in [4.78, 5) is 24.6. The van der Waals surface area contributed by atoms with E-state index in [1.54, 1.807) is 37.3 Å². The number of sulfonamides is 1. The summed E-state index contributed by atoms with van der Waals surface area (Å²) < 4.78 is 46.8. The van der Waals surface area contributed by atoms with E-state index in [4.69, 9.17) is 4.74 Å². The van der Waals surface area contributed by atoms with Crippen molar-refractivity contribution in [3.63, 3.8) is 0 Å². The quantitative estimate of drug-likeness (QED) is 0.403. The average molecular weight is 486 g/mol. The van der Waals surface area contributed by atoms with Crippen molar-refractivity contribution >= 4 is 27.5 Å². The maximum Gasteiger partial charge on any atom is 0.261 e. The van der Waals surface area contributed by atoms with Crippen LogP contribution in [0.5, 0.6) is 5.75 Å². The molecule has 0 heterocycles. The fourth-order valence-corrected chi connectivity index (χ4v) is 4.16. The van der Waals surface area contributed by atoms with E-state index in [0.717, 1.165) is 0 Å². The molecule has 3 aromatic carbocycles. The molecule has 0 radical (unpaired) electrons. The lowest BCUT2D eigenvalue weighted by molar-refractivity contribution is 0.0925. The van der Waals surface area contributed by atoms with Crippen molar-refractivity contribution in [2.75, 3.05) is 24.9 Å². The molecule has 10 heteroatoms. The molecule has 178 valence electrons. The van der Waals surface area contributed by atoms with E-state index in [-0.39, 0.29) is 29.1 Å². The zero-order valence-corrected chi connectivity index (χ0v) is 19.4. The van der Waals surface area contributed by atoms with Gasteiger partial charge in [0.25, 0.3) is 21.8 Å². The Morgan fingerprint density at radius 3 is 2.12 bits per heavy atom. The standard InChI is InChI=1S/C24H24FN3O5S/c1-16-7-12-19(34(31,32)28-17-8-10-18(33-2)11-9-17)15-21(16)24(30)27-14-13-26-23(29)20-5-3-4-6-22(20)25/h3-12,15,28H,13-14H2,1-2H3,(H,26,29)(H,27,30). The zero-order chi connectivity index (χ0) is 24.7. The molecular weight excluding hydrogens is 461 g/mol. The first-order chi connectivity index (χ1) is 16.2. The van der Waals surface area contributed by atoms with Crippen LogP contribution >= 0.6 is 0 Å². The number of ether oxygens (including phenoxy) is 1. The van der Waals surface area contributed by atoms with Gasteiger partial charge in [0.2, 0.25) is 0 Å². The maximum absolute atomic E-state index is 13.7. The molecule has 2 amide bonds. The molecule has 0 spiro atoms. The Kier molecular flexibility index (Phi) is 7.85. The number of nitrogens with one attached hydrogen (secondary N) is 3. The summed E-state index contributed by atoms with van der Waals surface area (Å²) >= 11 is 0. The van der Waals surface area contributed by atoms with Gasteiger partial charge in [0.15, 0.2) is 0 Å². The summed E-state index contributed by atoms with van der Waals surface area (Å²) in [7, 11) is -2.43. The predicted molar refractivity (Wildman–Crippen MR) is 126 cm³/mol. The van der Waals surface area contributed by atoms with E-state index in [1.165, 1.54) is 43.5 Å². The number of amides is 2. The number of anilines is 1. The topological polar surface area (TPSA) is 114 Å². The van der Waals surface area contributed by atoms with Crippen LogP contribution in [0.4, 0.5) is 10.1 Å². The fraction of sp³-hybridized carbons (Fsp3) is 0.167. The van der Waals surface area contributed by atoms with Crippen molar-refractivity contribution in [1.29, 1.82) is 0 Å². The summed E-state index contributed by atoms with van der Waals surface area (Å²) in [6.07, 6.45) is 0. The van der Waals surface area contributed by atoms with Gasteiger partial charge in [0, 0.05) is 24.3 Å². The fourth-order valence-electron chi connectivity index (χ4n) is 3.07. The highest BCUT2D eigenvalue weighted by Gasteiger charge is 2.18. The van der Waals surface area contributed by atoms with E-state index in [2.05, 4.69) is 15.4 Å². The third-order valence-electron chi connectivity index (χ3n) is 4.92. The first-order valence-corrected chi connectivity index (χ1v) is 11.8. The first-order valence-electron chi connectivity index (χ1n) is 10.3. The lowest BCUT2D eigenvalue weighted by atomic mass is 10.1. The zero-order valence-electron chi connectivity index (χ0n) is 18.6. The van der Waals surface area contributed by atoms with Crippen LogP contribution in [0.15, 0.2) is 71.6 Å².